The number of carbonyl (C=O) groups is 1. The minimum Gasteiger partial charge on any atom is -0.341 e. The average Bonchev–Trinajstić information content (AvgIpc) is 3.19. The fourth-order valence-electron chi connectivity index (χ4n) is 2.44. The van der Waals surface area contributed by atoms with Gasteiger partial charge in [-0.05, 0) is 30.8 Å². The van der Waals surface area contributed by atoms with Gasteiger partial charge in [-0.3, -0.25) is 4.79 Å². The van der Waals surface area contributed by atoms with Crippen molar-refractivity contribution in [2.75, 3.05) is 23.3 Å². The first-order valence-corrected chi connectivity index (χ1v) is 8.25. The van der Waals surface area contributed by atoms with Crippen LogP contribution < -0.4 is 10.2 Å². The normalized spacial score (nSPS) is 14.3. The lowest BCUT2D eigenvalue weighted by Crippen LogP contribution is -2.20. The van der Waals surface area contributed by atoms with Crippen LogP contribution in [0.4, 0.5) is 11.6 Å². The van der Waals surface area contributed by atoms with E-state index in [4.69, 9.17) is 0 Å². The van der Waals surface area contributed by atoms with Crippen LogP contribution in [0.1, 0.15) is 41.6 Å². The smallest absolute Gasteiger partial charge is 0.269 e. The molecular weight excluding hydrogens is 300 g/mol. The maximum Gasteiger partial charge on any atom is 0.269 e. The Morgan fingerprint density at radius 2 is 2.05 bits per heavy atom. The van der Waals surface area contributed by atoms with Crippen LogP contribution in [0.3, 0.4) is 0 Å². The summed E-state index contributed by atoms with van der Waals surface area (Å²) < 4.78 is 3.86. The highest BCUT2D eigenvalue weighted by Gasteiger charge is 2.17. The monoisotopic (exact) mass is 318 g/mol. The molecule has 0 saturated carbocycles. The van der Waals surface area contributed by atoms with Crippen LogP contribution in [-0.2, 0) is 6.42 Å². The van der Waals surface area contributed by atoms with Crippen LogP contribution in [-0.4, -0.2) is 38.6 Å². The summed E-state index contributed by atoms with van der Waals surface area (Å²) in [6.45, 7) is 4.04. The van der Waals surface area contributed by atoms with Gasteiger partial charge >= 0.3 is 0 Å². The van der Waals surface area contributed by atoms with Gasteiger partial charge in [-0.1, -0.05) is 17.8 Å². The van der Waals surface area contributed by atoms with Crippen LogP contribution in [0.25, 0.3) is 0 Å². The molecule has 1 amide bonds. The van der Waals surface area contributed by atoms with E-state index in [1.165, 1.54) is 12.8 Å². The minimum absolute atomic E-state index is 0.198. The largest absolute Gasteiger partial charge is 0.341 e. The van der Waals surface area contributed by atoms with Crippen molar-refractivity contribution in [3.05, 3.63) is 23.0 Å². The molecule has 1 N–H and O–H groups in total. The van der Waals surface area contributed by atoms with Gasteiger partial charge in [0.05, 0.1) is 23.8 Å². The number of anilines is 2. The predicted molar refractivity (Wildman–Crippen MR) is 85.3 cm³/mol. The van der Waals surface area contributed by atoms with Gasteiger partial charge in [0.1, 0.15) is 4.88 Å². The van der Waals surface area contributed by atoms with E-state index in [1.807, 2.05) is 6.92 Å². The highest BCUT2D eigenvalue weighted by atomic mass is 32.1. The van der Waals surface area contributed by atoms with E-state index in [9.17, 15) is 4.79 Å². The van der Waals surface area contributed by atoms with Crippen LogP contribution in [0, 0.1) is 0 Å². The molecule has 0 aromatic carbocycles. The maximum absolute atomic E-state index is 12.3. The van der Waals surface area contributed by atoms with E-state index in [0.717, 1.165) is 49.1 Å². The summed E-state index contributed by atoms with van der Waals surface area (Å²) in [7, 11) is 0. The second kappa shape index (κ2) is 6.78. The Labute approximate surface area is 133 Å². The molecule has 0 aliphatic carbocycles. The molecule has 2 aromatic rings. The first-order valence-electron chi connectivity index (χ1n) is 7.47. The number of amides is 1. The van der Waals surface area contributed by atoms with Crippen molar-refractivity contribution in [2.24, 2.45) is 0 Å². The average molecular weight is 318 g/mol. The molecular formula is C14H18N6OS. The predicted octanol–water partition coefficient (Wildman–Crippen LogP) is 2.13. The molecule has 1 aliphatic rings. The van der Waals surface area contributed by atoms with Crippen LogP contribution >= 0.6 is 11.5 Å². The van der Waals surface area contributed by atoms with E-state index in [1.54, 1.807) is 12.4 Å². The summed E-state index contributed by atoms with van der Waals surface area (Å²) in [5.41, 5.74) is 1.34. The number of aryl methyl sites for hydroxylation is 1. The zero-order valence-corrected chi connectivity index (χ0v) is 13.3. The third kappa shape index (κ3) is 3.22. The first kappa shape index (κ1) is 14.8. The molecule has 0 unspecified atom stereocenters. The third-order valence-electron chi connectivity index (χ3n) is 3.53. The number of hydrogen-bond acceptors (Lipinski definition) is 7. The lowest BCUT2D eigenvalue weighted by molar-refractivity contribution is 0.102. The molecule has 7 nitrogen and oxygen atoms in total. The lowest BCUT2D eigenvalue weighted by atomic mass is 10.2. The summed E-state index contributed by atoms with van der Waals surface area (Å²) in [5.74, 6) is 0.526. The Balaban J connectivity index is 1.67. The second-order valence-corrected chi connectivity index (χ2v) is 5.97. The Bertz CT molecular complexity index is 635. The number of aromatic nitrogens is 4. The van der Waals surface area contributed by atoms with Gasteiger partial charge in [-0.25, -0.2) is 9.97 Å². The molecule has 0 atom stereocenters. The highest BCUT2D eigenvalue weighted by Crippen LogP contribution is 2.18. The molecule has 3 rings (SSSR count). The second-order valence-electron chi connectivity index (χ2n) is 5.22. The topological polar surface area (TPSA) is 83.9 Å². The molecule has 116 valence electrons. The molecule has 8 heteroatoms. The Hall–Kier alpha value is -2.09. The van der Waals surface area contributed by atoms with Gasteiger partial charge in [0.15, 0.2) is 0 Å². The Kier molecular flexibility index (Phi) is 4.57. The van der Waals surface area contributed by atoms with E-state index in [0.29, 0.717) is 10.6 Å². The summed E-state index contributed by atoms with van der Waals surface area (Å²) in [5, 5.41) is 6.81. The third-order valence-corrected chi connectivity index (χ3v) is 4.30. The van der Waals surface area contributed by atoms with Gasteiger partial charge < -0.3 is 10.2 Å². The van der Waals surface area contributed by atoms with Gasteiger partial charge in [0.2, 0.25) is 5.95 Å². The summed E-state index contributed by atoms with van der Waals surface area (Å²) in [6, 6.07) is 0. The van der Waals surface area contributed by atoms with Gasteiger partial charge in [-0.2, -0.15) is 0 Å². The number of carbonyl (C=O) groups excluding carboxylic acids is 1. The van der Waals surface area contributed by atoms with Crippen molar-refractivity contribution in [2.45, 2.75) is 32.6 Å². The molecule has 2 aromatic heterocycles. The molecule has 1 fully saturated rings. The highest BCUT2D eigenvalue weighted by molar-refractivity contribution is 7.08. The molecule has 0 spiro atoms. The number of nitrogens with zero attached hydrogens (tertiary/aromatic N) is 5. The SMILES string of the molecule is CCCc1nnsc1C(=O)Nc1cnc(N2CCCC2)nc1. The number of rotatable bonds is 5. The van der Waals surface area contributed by atoms with Gasteiger partial charge in [0, 0.05) is 13.1 Å². The fourth-order valence-corrected chi connectivity index (χ4v) is 3.04. The van der Waals surface area contributed by atoms with Crippen molar-refractivity contribution in [1.29, 1.82) is 0 Å². The van der Waals surface area contributed by atoms with Crippen molar-refractivity contribution in [3.8, 4) is 0 Å². The summed E-state index contributed by atoms with van der Waals surface area (Å²) in [6.07, 6.45) is 7.34. The van der Waals surface area contributed by atoms with Crippen molar-refractivity contribution < 1.29 is 4.79 Å². The number of hydrogen-bond donors (Lipinski definition) is 1. The Morgan fingerprint density at radius 1 is 1.32 bits per heavy atom. The number of nitrogens with one attached hydrogen (secondary N) is 1. The molecule has 1 saturated heterocycles. The fraction of sp³-hybridized carbons (Fsp3) is 0.500. The van der Waals surface area contributed by atoms with Gasteiger partial charge in [-0.15, -0.1) is 5.10 Å². The molecule has 22 heavy (non-hydrogen) atoms. The maximum atomic E-state index is 12.3. The van der Waals surface area contributed by atoms with Crippen molar-refractivity contribution in [1.82, 2.24) is 19.6 Å². The summed E-state index contributed by atoms with van der Waals surface area (Å²) >= 11 is 1.12. The van der Waals surface area contributed by atoms with E-state index in [2.05, 4.69) is 29.8 Å². The van der Waals surface area contributed by atoms with Crippen LogP contribution in [0.2, 0.25) is 0 Å². The zero-order chi connectivity index (χ0) is 15.4. The zero-order valence-electron chi connectivity index (χ0n) is 12.4. The van der Waals surface area contributed by atoms with Crippen molar-refractivity contribution in [3.63, 3.8) is 0 Å². The molecule has 0 bridgehead atoms. The quantitative estimate of drug-likeness (QED) is 0.909. The molecule has 1 aliphatic heterocycles. The molecule has 3 heterocycles. The minimum atomic E-state index is -0.198. The van der Waals surface area contributed by atoms with E-state index in [-0.39, 0.29) is 5.91 Å². The Morgan fingerprint density at radius 3 is 2.73 bits per heavy atom. The van der Waals surface area contributed by atoms with Crippen molar-refractivity contribution >= 4 is 29.1 Å². The molecule has 0 radical (unpaired) electrons. The van der Waals surface area contributed by atoms with E-state index >= 15 is 0 Å². The summed E-state index contributed by atoms with van der Waals surface area (Å²) in [4.78, 5) is 23.6. The van der Waals surface area contributed by atoms with E-state index < -0.39 is 0 Å². The van der Waals surface area contributed by atoms with Crippen LogP contribution in [0.5, 0.6) is 0 Å². The lowest BCUT2D eigenvalue weighted by Gasteiger charge is -2.14. The first-order chi connectivity index (χ1) is 10.8. The van der Waals surface area contributed by atoms with Crippen LogP contribution in [0.15, 0.2) is 12.4 Å². The van der Waals surface area contributed by atoms with Gasteiger partial charge in [0.25, 0.3) is 5.91 Å². The standard InChI is InChI=1S/C14H18N6OS/c1-2-5-11-12(22-19-18-11)13(21)17-10-8-15-14(16-9-10)20-6-3-4-7-20/h8-9H,2-7H2,1H3,(H,17,21).